The van der Waals surface area contributed by atoms with Crippen LogP contribution in [0.4, 0.5) is 0 Å². The largest absolute Gasteiger partial charge is 0.349 e. The van der Waals surface area contributed by atoms with Gasteiger partial charge in [0.25, 0.3) is 0 Å². The molecule has 5 nitrogen and oxygen atoms in total. The second kappa shape index (κ2) is 5.94. The molecule has 0 amide bonds. The van der Waals surface area contributed by atoms with Crippen LogP contribution in [-0.4, -0.2) is 60.3 Å². The van der Waals surface area contributed by atoms with Crippen LogP contribution in [0.5, 0.6) is 0 Å². The first-order valence-corrected chi connectivity index (χ1v) is 6.80. The van der Waals surface area contributed by atoms with Crippen molar-refractivity contribution in [2.75, 3.05) is 34.7 Å². The molecule has 0 aliphatic heterocycles. The fraction of sp³-hybridized carbons (Fsp3) is 0.467. The smallest absolute Gasteiger partial charge is 0.195 e. The van der Waals surface area contributed by atoms with Crippen LogP contribution >= 0.6 is 0 Å². The summed E-state index contributed by atoms with van der Waals surface area (Å²) in [6, 6.07) is 8.32. The average Bonchev–Trinajstić information content (AvgIpc) is 2.71. The van der Waals surface area contributed by atoms with E-state index >= 15 is 0 Å². The summed E-state index contributed by atoms with van der Waals surface area (Å²) in [5.74, 6) is 0.977. The molecule has 0 aliphatic carbocycles. The Kier molecular flexibility index (Phi) is 4.27. The van der Waals surface area contributed by atoms with Crippen molar-refractivity contribution in [3.8, 4) is 0 Å². The minimum atomic E-state index is 0.743. The summed E-state index contributed by atoms with van der Waals surface area (Å²) in [5, 5.41) is 5.82. The van der Waals surface area contributed by atoms with E-state index < -0.39 is 0 Å². The van der Waals surface area contributed by atoms with Gasteiger partial charge in [-0.2, -0.15) is 5.10 Å². The fourth-order valence-corrected chi connectivity index (χ4v) is 2.42. The number of rotatable bonds is 3. The molecule has 0 radical (unpaired) electrons. The second-order valence-corrected chi connectivity index (χ2v) is 5.31. The minimum absolute atomic E-state index is 0.743. The molecule has 0 unspecified atom stereocenters. The van der Waals surface area contributed by atoms with Gasteiger partial charge in [-0.05, 0) is 6.07 Å². The molecule has 0 fully saturated rings. The quantitative estimate of drug-likeness (QED) is 0.629. The number of guanidine groups is 1. The van der Waals surface area contributed by atoms with Gasteiger partial charge in [0.1, 0.15) is 0 Å². The van der Waals surface area contributed by atoms with Crippen molar-refractivity contribution in [3.63, 3.8) is 0 Å². The highest BCUT2D eigenvalue weighted by Gasteiger charge is 2.08. The molecule has 0 aliphatic rings. The lowest BCUT2D eigenvalue weighted by Crippen LogP contribution is -2.35. The van der Waals surface area contributed by atoms with Gasteiger partial charge in [0.2, 0.25) is 0 Å². The second-order valence-electron chi connectivity index (χ2n) is 5.31. The van der Waals surface area contributed by atoms with Crippen LogP contribution < -0.4 is 0 Å². The first-order valence-electron chi connectivity index (χ1n) is 6.80. The van der Waals surface area contributed by atoms with Gasteiger partial charge in [-0.25, -0.2) is 0 Å². The molecule has 0 atom stereocenters. The van der Waals surface area contributed by atoms with Gasteiger partial charge in [-0.15, -0.1) is 0 Å². The molecular weight excluding hydrogens is 250 g/mol. The Bertz CT molecular complexity index is 600. The van der Waals surface area contributed by atoms with E-state index in [1.54, 1.807) is 0 Å². The van der Waals surface area contributed by atoms with E-state index in [1.807, 2.05) is 55.8 Å². The van der Waals surface area contributed by atoms with Gasteiger partial charge in [0.05, 0.1) is 11.2 Å². The van der Waals surface area contributed by atoms with Crippen molar-refractivity contribution in [3.05, 3.63) is 30.0 Å². The van der Waals surface area contributed by atoms with Crippen LogP contribution in [0.3, 0.4) is 0 Å². The van der Waals surface area contributed by atoms with E-state index in [1.165, 1.54) is 10.9 Å². The van der Waals surface area contributed by atoms with Crippen LogP contribution in [0.15, 0.2) is 29.3 Å². The van der Waals surface area contributed by atoms with E-state index in [-0.39, 0.29) is 0 Å². The number of nitrogens with zero attached hydrogens (tertiary/aromatic N) is 5. The summed E-state index contributed by atoms with van der Waals surface area (Å²) >= 11 is 0. The predicted octanol–water partition coefficient (Wildman–Crippen LogP) is 1.59. The topological polar surface area (TPSA) is 36.7 Å². The van der Waals surface area contributed by atoms with E-state index in [0.717, 1.165) is 24.6 Å². The number of hydrogen-bond donors (Lipinski definition) is 0. The molecule has 0 N–H and O–H groups in total. The monoisotopic (exact) mass is 273 g/mol. The maximum Gasteiger partial charge on any atom is 0.195 e. The highest BCUT2D eigenvalue weighted by atomic mass is 15.3. The first-order chi connectivity index (χ1) is 9.50. The maximum absolute atomic E-state index is 4.65. The molecule has 1 heterocycles. The number of para-hydroxylation sites is 1. The van der Waals surface area contributed by atoms with Gasteiger partial charge in [0.15, 0.2) is 5.96 Å². The highest BCUT2D eigenvalue weighted by molar-refractivity contribution is 5.82. The van der Waals surface area contributed by atoms with Gasteiger partial charge in [0, 0.05) is 53.6 Å². The third-order valence-corrected chi connectivity index (χ3v) is 3.24. The van der Waals surface area contributed by atoms with Crippen molar-refractivity contribution in [2.24, 2.45) is 12.0 Å². The lowest BCUT2D eigenvalue weighted by molar-refractivity contribution is 0.479. The summed E-state index contributed by atoms with van der Waals surface area (Å²) in [6.45, 7) is 0.743. The van der Waals surface area contributed by atoms with Gasteiger partial charge in [-0.3, -0.25) is 9.67 Å². The van der Waals surface area contributed by atoms with Crippen LogP contribution in [0, 0.1) is 0 Å². The Labute approximate surface area is 120 Å². The number of hydrogen-bond acceptors (Lipinski definition) is 2. The van der Waals surface area contributed by atoms with Crippen LogP contribution in [0.25, 0.3) is 10.9 Å². The summed E-state index contributed by atoms with van der Waals surface area (Å²) in [7, 11) is 10.0. The number of aromatic nitrogens is 2. The number of aryl methyl sites for hydroxylation is 1. The normalized spacial score (nSPS) is 10.7. The molecule has 1 aromatic heterocycles. The maximum atomic E-state index is 4.65. The zero-order valence-electron chi connectivity index (χ0n) is 13.0. The van der Waals surface area contributed by atoms with Crippen molar-refractivity contribution >= 4 is 16.9 Å². The van der Waals surface area contributed by atoms with Crippen molar-refractivity contribution in [2.45, 2.75) is 6.42 Å². The Morgan fingerprint density at radius 2 is 1.80 bits per heavy atom. The molecular formula is C15H23N5. The summed E-state index contributed by atoms with van der Waals surface area (Å²) in [5.41, 5.74) is 2.29. The predicted molar refractivity (Wildman–Crippen MR) is 84.1 cm³/mol. The zero-order valence-corrected chi connectivity index (χ0v) is 13.0. The number of fused-ring (bicyclic) bond motifs is 1. The molecule has 0 spiro atoms. The van der Waals surface area contributed by atoms with E-state index in [2.05, 4.69) is 28.3 Å². The Morgan fingerprint density at radius 1 is 1.15 bits per heavy atom. The molecule has 5 heteroatoms. The molecule has 20 heavy (non-hydrogen) atoms. The molecule has 2 aromatic rings. The zero-order chi connectivity index (χ0) is 14.7. The molecule has 2 rings (SSSR count). The van der Waals surface area contributed by atoms with Crippen LogP contribution in [-0.2, 0) is 13.5 Å². The van der Waals surface area contributed by atoms with Crippen molar-refractivity contribution in [1.82, 2.24) is 19.6 Å². The first kappa shape index (κ1) is 14.4. The Morgan fingerprint density at radius 3 is 2.45 bits per heavy atom. The summed E-state index contributed by atoms with van der Waals surface area (Å²) in [6.07, 6.45) is 0.854. The fourth-order valence-electron chi connectivity index (χ4n) is 2.42. The highest BCUT2D eigenvalue weighted by Crippen LogP contribution is 2.17. The lowest BCUT2D eigenvalue weighted by atomic mass is 10.2. The minimum Gasteiger partial charge on any atom is -0.349 e. The summed E-state index contributed by atoms with van der Waals surface area (Å²) in [4.78, 5) is 8.70. The average molecular weight is 273 g/mol. The summed E-state index contributed by atoms with van der Waals surface area (Å²) < 4.78 is 1.94. The van der Waals surface area contributed by atoms with E-state index in [0.29, 0.717) is 0 Å². The number of aliphatic imine (C=N–C) groups is 1. The van der Waals surface area contributed by atoms with Crippen molar-refractivity contribution in [1.29, 1.82) is 0 Å². The third-order valence-electron chi connectivity index (χ3n) is 3.24. The van der Waals surface area contributed by atoms with Gasteiger partial charge >= 0.3 is 0 Å². The molecule has 108 valence electrons. The van der Waals surface area contributed by atoms with Crippen LogP contribution in [0.2, 0.25) is 0 Å². The molecule has 1 aromatic carbocycles. The van der Waals surface area contributed by atoms with Crippen molar-refractivity contribution < 1.29 is 0 Å². The van der Waals surface area contributed by atoms with Gasteiger partial charge in [-0.1, -0.05) is 18.2 Å². The van der Waals surface area contributed by atoms with E-state index in [9.17, 15) is 0 Å². The van der Waals surface area contributed by atoms with Gasteiger partial charge < -0.3 is 9.80 Å². The lowest BCUT2D eigenvalue weighted by Gasteiger charge is -2.22. The number of benzene rings is 1. The molecule has 0 saturated heterocycles. The Balaban J connectivity index is 2.16. The van der Waals surface area contributed by atoms with Crippen LogP contribution in [0.1, 0.15) is 5.69 Å². The molecule has 0 saturated carbocycles. The third kappa shape index (κ3) is 2.92. The molecule has 0 bridgehead atoms. The Hall–Kier alpha value is -2.04. The standard InChI is InChI=1S/C15H23N5/c1-18(2)15(19(3)4)16-11-10-13-12-8-6-7-9-14(12)20(5)17-13/h6-9H,10-11H2,1-5H3. The SMILES string of the molecule is CN(C)C(=NCCc1nn(C)c2ccccc12)N(C)C. The van der Waals surface area contributed by atoms with E-state index in [4.69, 9.17) is 0 Å².